The SMILES string of the molecule is Cc1ccc([C@@H](NC(=O)Cn2ncc(O)c(Cl)c2=O)C2CC2)cc1. The standard InChI is InChI=1S/C17H18ClN3O3/c1-10-2-4-11(5-3-10)16(12-6-7-12)20-14(23)9-21-17(24)15(18)13(22)8-19-21/h2-5,8,12,16,22H,6-7,9H2,1H3,(H,20,23)/t16-/m1/s1. The summed E-state index contributed by atoms with van der Waals surface area (Å²) in [6.07, 6.45) is 3.19. The zero-order valence-corrected chi connectivity index (χ0v) is 14.0. The third-order valence-corrected chi connectivity index (χ3v) is 4.46. The zero-order chi connectivity index (χ0) is 17.3. The highest BCUT2D eigenvalue weighted by Gasteiger charge is 2.33. The maximum Gasteiger partial charge on any atom is 0.289 e. The molecule has 126 valence electrons. The average Bonchev–Trinajstić information content (AvgIpc) is 3.39. The van der Waals surface area contributed by atoms with Gasteiger partial charge in [-0.05, 0) is 31.2 Å². The zero-order valence-electron chi connectivity index (χ0n) is 13.2. The molecule has 0 spiro atoms. The van der Waals surface area contributed by atoms with Gasteiger partial charge in [0.1, 0.15) is 6.54 Å². The number of amides is 1. The summed E-state index contributed by atoms with van der Waals surface area (Å²) in [5, 5.41) is 15.7. The molecule has 7 heteroatoms. The van der Waals surface area contributed by atoms with Gasteiger partial charge in [0.15, 0.2) is 10.8 Å². The third-order valence-electron chi connectivity index (χ3n) is 4.11. The number of carbonyl (C=O) groups is 1. The van der Waals surface area contributed by atoms with Crippen LogP contribution in [-0.2, 0) is 11.3 Å². The molecule has 1 aliphatic carbocycles. The Kier molecular flexibility index (Phi) is 4.57. The Labute approximate surface area is 144 Å². The molecule has 1 fully saturated rings. The molecule has 0 aliphatic heterocycles. The number of nitrogens with one attached hydrogen (secondary N) is 1. The Morgan fingerprint density at radius 1 is 1.42 bits per heavy atom. The van der Waals surface area contributed by atoms with Crippen LogP contribution in [0.25, 0.3) is 0 Å². The minimum absolute atomic E-state index is 0.0682. The Hall–Kier alpha value is -2.34. The first kappa shape index (κ1) is 16.5. The third kappa shape index (κ3) is 3.59. The molecule has 0 unspecified atom stereocenters. The molecular weight excluding hydrogens is 330 g/mol. The number of aromatic hydroxyl groups is 1. The topological polar surface area (TPSA) is 84.2 Å². The molecule has 2 N–H and O–H groups in total. The molecular formula is C17H18ClN3O3. The summed E-state index contributed by atoms with van der Waals surface area (Å²) >= 11 is 5.69. The predicted molar refractivity (Wildman–Crippen MR) is 90.0 cm³/mol. The van der Waals surface area contributed by atoms with E-state index in [-0.39, 0.29) is 23.5 Å². The summed E-state index contributed by atoms with van der Waals surface area (Å²) in [6.45, 7) is 1.77. The van der Waals surface area contributed by atoms with Gasteiger partial charge in [0.25, 0.3) is 5.56 Å². The van der Waals surface area contributed by atoms with E-state index in [1.54, 1.807) is 0 Å². The Bertz CT molecular complexity index is 813. The maximum absolute atomic E-state index is 12.3. The lowest BCUT2D eigenvalue weighted by atomic mass is 10.0. The number of benzene rings is 1. The minimum Gasteiger partial charge on any atom is -0.505 e. The molecule has 2 aromatic rings. The van der Waals surface area contributed by atoms with E-state index in [0.717, 1.165) is 34.8 Å². The molecule has 0 radical (unpaired) electrons. The van der Waals surface area contributed by atoms with Crippen LogP contribution in [0.15, 0.2) is 35.3 Å². The largest absolute Gasteiger partial charge is 0.505 e. The van der Waals surface area contributed by atoms with Crippen LogP contribution in [0.2, 0.25) is 5.02 Å². The summed E-state index contributed by atoms with van der Waals surface area (Å²) in [7, 11) is 0. The maximum atomic E-state index is 12.3. The molecule has 1 aromatic heterocycles. The number of nitrogens with zero attached hydrogens (tertiary/aromatic N) is 2. The van der Waals surface area contributed by atoms with Gasteiger partial charge in [0, 0.05) is 0 Å². The summed E-state index contributed by atoms with van der Waals surface area (Å²) in [5.41, 5.74) is 1.53. The van der Waals surface area contributed by atoms with E-state index in [4.69, 9.17) is 11.6 Å². The average molecular weight is 348 g/mol. The van der Waals surface area contributed by atoms with Crippen LogP contribution >= 0.6 is 11.6 Å². The molecule has 1 atom stereocenters. The highest BCUT2D eigenvalue weighted by molar-refractivity contribution is 6.31. The normalized spacial score (nSPS) is 15.1. The first-order valence-corrected chi connectivity index (χ1v) is 8.14. The smallest absolute Gasteiger partial charge is 0.289 e. The second kappa shape index (κ2) is 6.65. The first-order valence-electron chi connectivity index (χ1n) is 7.76. The van der Waals surface area contributed by atoms with Crippen LogP contribution < -0.4 is 10.9 Å². The van der Waals surface area contributed by atoms with E-state index >= 15 is 0 Å². The van der Waals surface area contributed by atoms with Crippen molar-refractivity contribution in [2.75, 3.05) is 0 Å². The van der Waals surface area contributed by atoms with Gasteiger partial charge in [-0.15, -0.1) is 0 Å². The van der Waals surface area contributed by atoms with Gasteiger partial charge >= 0.3 is 0 Å². The second-order valence-electron chi connectivity index (χ2n) is 6.10. The van der Waals surface area contributed by atoms with Crippen molar-refractivity contribution in [1.29, 1.82) is 0 Å². The fourth-order valence-corrected chi connectivity index (χ4v) is 2.75. The predicted octanol–water partition coefficient (Wildman–Crippen LogP) is 2.18. The Morgan fingerprint density at radius 3 is 2.71 bits per heavy atom. The minimum atomic E-state index is -0.690. The fraction of sp³-hybridized carbons (Fsp3) is 0.353. The molecule has 0 bridgehead atoms. The Balaban J connectivity index is 1.74. The van der Waals surface area contributed by atoms with Crippen molar-refractivity contribution in [3.63, 3.8) is 0 Å². The van der Waals surface area contributed by atoms with Gasteiger partial charge in [-0.1, -0.05) is 41.4 Å². The Morgan fingerprint density at radius 2 is 2.08 bits per heavy atom. The number of aryl methyl sites for hydroxylation is 1. The van der Waals surface area contributed by atoms with Gasteiger partial charge < -0.3 is 10.4 Å². The molecule has 24 heavy (non-hydrogen) atoms. The van der Waals surface area contributed by atoms with E-state index in [9.17, 15) is 14.7 Å². The number of halogens is 1. The van der Waals surface area contributed by atoms with E-state index in [0.29, 0.717) is 5.92 Å². The lowest BCUT2D eigenvalue weighted by molar-refractivity contribution is -0.122. The van der Waals surface area contributed by atoms with Crippen molar-refractivity contribution in [3.05, 3.63) is 57.0 Å². The van der Waals surface area contributed by atoms with Gasteiger partial charge in [-0.3, -0.25) is 9.59 Å². The van der Waals surface area contributed by atoms with Crippen LogP contribution in [0.1, 0.15) is 30.0 Å². The van der Waals surface area contributed by atoms with E-state index in [2.05, 4.69) is 10.4 Å². The van der Waals surface area contributed by atoms with Gasteiger partial charge in [-0.2, -0.15) is 5.10 Å². The second-order valence-corrected chi connectivity index (χ2v) is 6.48. The van der Waals surface area contributed by atoms with Crippen LogP contribution in [0.3, 0.4) is 0 Å². The van der Waals surface area contributed by atoms with Crippen LogP contribution in [-0.4, -0.2) is 20.8 Å². The number of aromatic nitrogens is 2. The van der Waals surface area contributed by atoms with Crippen LogP contribution in [0.4, 0.5) is 0 Å². The van der Waals surface area contributed by atoms with Crippen molar-refractivity contribution >= 4 is 17.5 Å². The lowest BCUT2D eigenvalue weighted by Gasteiger charge is -2.19. The van der Waals surface area contributed by atoms with E-state index in [1.165, 1.54) is 0 Å². The van der Waals surface area contributed by atoms with Gasteiger partial charge in [-0.25, -0.2) is 4.68 Å². The molecule has 3 rings (SSSR count). The highest BCUT2D eigenvalue weighted by Crippen LogP contribution is 2.41. The number of hydrogen-bond donors (Lipinski definition) is 2. The molecule has 1 heterocycles. The summed E-state index contributed by atoms with van der Waals surface area (Å²) in [5.74, 6) is -0.289. The number of hydrogen-bond acceptors (Lipinski definition) is 4. The van der Waals surface area contributed by atoms with Crippen molar-refractivity contribution in [1.82, 2.24) is 15.1 Å². The van der Waals surface area contributed by atoms with Gasteiger partial charge in [0.05, 0.1) is 12.2 Å². The van der Waals surface area contributed by atoms with Crippen molar-refractivity contribution in [2.24, 2.45) is 5.92 Å². The lowest BCUT2D eigenvalue weighted by Crippen LogP contribution is -2.36. The van der Waals surface area contributed by atoms with Crippen LogP contribution in [0.5, 0.6) is 5.75 Å². The summed E-state index contributed by atoms with van der Waals surface area (Å²) in [4.78, 5) is 24.2. The van der Waals surface area contributed by atoms with Crippen LogP contribution in [0, 0.1) is 12.8 Å². The first-order chi connectivity index (χ1) is 11.5. The fourth-order valence-electron chi connectivity index (χ4n) is 2.60. The quantitative estimate of drug-likeness (QED) is 0.868. The molecule has 6 nitrogen and oxygen atoms in total. The van der Waals surface area contributed by atoms with Crippen molar-refractivity contribution in [3.8, 4) is 5.75 Å². The monoisotopic (exact) mass is 347 g/mol. The van der Waals surface area contributed by atoms with Gasteiger partial charge in [0.2, 0.25) is 5.91 Å². The van der Waals surface area contributed by atoms with E-state index < -0.39 is 11.3 Å². The van der Waals surface area contributed by atoms with Crippen molar-refractivity contribution < 1.29 is 9.90 Å². The molecule has 0 saturated heterocycles. The van der Waals surface area contributed by atoms with E-state index in [1.807, 2.05) is 31.2 Å². The number of rotatable bonds is 5. The highest BCUT2D eigenvalue weighted by atomic mass is 35.5. The summed E-state index contributed by atoms with van der Waals surface area (Å²) < 4.78 is 0.941. The van der Waals surface area contributed by atoms with Crippen molar-refractivity contribution in [2.45, 2.75) is 32.4 Å². The summed E-state index contributed by atoms with van der Waals surface area (Å²) in [6, 6.07) is 7.99. The number of carbonyl (C=O) groups excluding carboxylic acids is 1. The molecule has 1 aliphatic rings. The molecule has 1 amide bonds. The molecule has 1 aromatic carbocycles. The molecule has 1 saturated carbocycles.